The van der Waals surface area contributed by atoms with Crippen LogP contribution in [-0.4, -0.2) is 31.1 Å². The van der Waals surface area contributed by atoms with Crippen LogP contribution in [0, 0.1) is 0 Å². The van der Waals surface area contributed by atoms with Crippen molar-refractivity contribution in [2.75, 3.05) is 13.2 Å². The Morgan fingerprint density at radius 2 is 1.39 bits per heavy atom. The van der Waals surface area contributed by atoms with E-state index in [1.54, 1.807) is 50.2 Å². The van der Waals surface area contributed by atoms with Crippen LogP contribution < -0.4 is 4.74 Å². The van der Waals surface area contributed by atoms with Gasteiger partial charge in [0.05, 0.1) is 5.56 Å². The van der Waals surface area contributed by atoms with Gasteiger partial charge in [0.1, 0.15) is 19.0 Å². The second kappa shape index (κ2) is 10.1. The van der Waals surface area contributed by atoms with Crippen molar-refractivity contribution in [2.24, 2.45) is 0 Å². The molecular formula is C22H22O6. The second-order valence-electron chi connectivity index (χ2n) is 5.98. The zero-order valence-corrected chi connectivity index (χ0v) is 15.9. The van der Waals surface area contributed by atoms with Gasteiger partial charge < -0.3 is 14.2 Å². The molecule has 0 saturated heterocycles. The second-order valence-corrected chi connectivity index (χ2v) is 5.98. The van der Waals surface area contributed by atoms with Crippen LogP contribution in [0.5, 0.6) is 5.75 Å². The van der Waals surface area contributed by atoms with Gasteiger partial charge in [-0.2, -0.15) is 0 Å². The number of hydrogen-bond donors (Lipinski definition) is 0. The Labute approximate surface area is 163 Å². The van der Waals surface area contributed by atoms with Gasteiger partial charge in [0, 0.05) is 12.0 Å². The molecule has 146 valence electrons. The maximum atomic E-state index is 12.0. The van der Waals surface area contributed by atoms with E-state index in [1.165, 1.54) is 0 Å². The highest BCUT2D eigenvalue weighted by atomic mass is 16.6. The molecule has 0 aliphatic heterocycles. The Balaban J connectivity index is 1.90. The number of esters is 3. The van der Waals surface area contributed by atoms with E-state index in [4.69, 9.17) is 14.2 Å². The third-order valence-electron chi connectivity index (χ3n) is 3.73. The fourth-order valence-corrected chi connectivity index (χ4v) is 2.19. The van der Waals surface area contributed by atoms with Crippen LogP contribution >= 0.6 is 0 Å². The lowest BCUT2D eigenvalue weighted by Gasteiger charge is -2.08. The fourth-order valence-electron chi connectivity index (χ4n) is 2.19. The van der Waals surface area contributed by atoms with Crippen molar-refractivity contribution in [1.29, 1.82) is 0 Å². The summed E-state index contributed by atoms with van der Waals surface area (Å²) >= 11 is 0. The molecule has 0 unspecified atom stereocenters. The predicted octanol–water partition coefficient (Wildman–Crippen LogP) is 3.95. The lowest BCUT2D eigenvalue weighted by molar-refractivity contribution is -0.140. The quantitative estimate of drug-likeness (QED) is 0.298. The van der Waals surface area contributed by atoms with Gasteiger partial charge in [-0.05, 0) is 42.3 Å². The van der Waals surface area contributed by atoms with Gasteiger partial charge in [-0.25, -0.2) is 9.59 Å². The van der Waals surface area contributed by atoms with E-state index in [1.807, 2.05) is 12.1 Å². The molecule has 2 aromatic rings. The van der Waals surface area contributed by atoms with E-state index < -0.39 is 11.9 Å². The zero-order chi connectivity index (χ0) is 20.5. The molecule has 0 aromatic heterocycles. The topological polar surface area (TPSA) is 78.9 Å². The third-order valence-corrected chi connectivity index (χ3v) is 3.73. The van der Waals surface area contributed by atoms with E-state index >= 15 is 0 Å². The highest BCUT2D eigenvalue weighted by molar-refractivity contribution is 5.90. The minimum absolute atomic E-state index is 0.0233. The largest absolute Gasteiger partial charge is 0.459 e. The summed E-state index contributed by atoms with van der Waals surface area (Å²) in [4.78, 5) is 34.6. The molecule has 28 heavy (non-hydrogen) atoms. The summed E-state index contributed by atoms with van der Waals surface area (Å²) in [5.74, 6) is -0.816. The lowest BCUT2D eigenvalue weighted by atomic mass is 10.0. The van der Waals surface area contributed by atoms with Crippen molar-refractivity contribution in [3.63, 3.8) is 0 Å². The molecule has 0 aliphatic carbocycles. The zero-order valence-electron chi connectivity index (χ0n) is 15.9. The minimum Gasteiger partial charge on any atom is -0.459 e. The summed E-state index contributed by atoms with van der Waals surface area (Å²) in [5.41, 5.74) is 2.50. The highest BCUT2D eigenvalue weighted by Gasteiger charge is 2.09. The van der Waals surface area contributed by atoms with Crippen molar-refractivity contribution in [3.05, 3.63) is 66.2 Å². The fraction of sp³-hybridized carbons (Fsp3) is 0.227. The highest BCUT2D eigenvalue weighted by Crippen LogP contribution is 2.23. The smallest absolute Gasteiger partial charge is 0.338 e. The number of ether oxygens (including phenoxy) is 3. The van der Waals surface area contributed by atoms with E-state index in [9.17, 15) is 14.4 Å². The van der Waals surface area contributed by atoms with E-state index in [2.05, 4.69) is 6.58 Å². The van der Waals surface area contributed by atoms with Crippen LogP contribution in [0.2, 0.25) is 0 Å². The standard InChI is InChI=1S/C22H22O6/c1-4-20(23)28-19-11-9-17(10-12-19)16-5-7-18(8-6-16)22(25)27-14-13-26-21(24)15(2)3/h5-12H,2,4,13-14H2,1,3H3. The third kappa shape index (κ3) is 6.09. The average molecular weight is 382 g/mol. The van der Waals surface area contributed by atoms with Crippen LogP contribution in [0.4, 0.5) is 0 Å². The van der Waals surface area contributed by atoms with Crippen molar-refractivity contribution >= 4 is 17.9 Å². The number of carbonyl (C=O) groups is 3. The molecule has 0 aliphatic rings. The molecular weight excluding hydrogens is 360 g/mol. The van der Waals surface area contributed by atoms with Crippen LogP contribution in [0.25, 0.3) is 11.1 Å². The molecule has 0 heterocycles. The van der Waals surface area contributed by atoms with Crippen molar-refractivity contribution < 1.29 is 28.6 Å². The molecule has 0 N–H and O–H groups in total. The number of benzene rings is 2. The lowest BCUT2D eigenvalue weighted by Crippen LogP contribution is -2.14. The van der Waals surface area contributed by atoms with Gasteiger partial charge >= 0.3 is 17.9 Å². The summed E-state index contributed by atoms with van der Waals surface area (Å²) in [6, 6.07) is 14.0. The molecule has 0 fully saturated rings. The van der Waals surface area contributed by atoms with E-state index in [0.717, 1.165) is 11.1 Å². The number of hydrogen-bond acceptors (Lipinski definition) is 6. The molecule has 2 aromatic carbocycles. The monoisotopic (exact) mass is 382 g/mol. The van der Waals surface area contributed by atoms with Crippen molar-refractivity contribution in [2.45, 2.75) is 20.3 Å². The SMILES string of the molecule is C=C(C)C(=O)OCCOC(=O)c1ccc(-c2ccc(OC(=O)CC)cc2)cc1. The summed E-state index contributed by atoms with van der Waals surface area (Å²) in [7, 11) is 0. The van der Waals surface area contributed by atoms with Gasteiger partial charge in [0.25, 0.3) is 0 Å². The summed E-state index contributed by atoms with van der Waals surface area (Å²) in [6.07, 6.45) is 0.315. The van der Waals surface area contributed by atoms with Gasteiger partial charge in [-0.15, -0.1) is 0 Å². The average Bonchev–Trinajstić information content (AvgIpc) is 2.71. The number of rotatable bonds is 8. The van der Waals surface area contributed by atoms with Gasteiger partial charge in [0.15, 0.2) is 0 Å². The Bertz CT molecular complexity index is 850. The molecule has 0 amide bonds. The summed E-state index contributed by atoms with van der Waals surface area (Å²) < 4.78 is 15.1. The molecule has 0 atom stereocenters. The van der Waals surface area contributed by atoms with E-state index in [0.29, 0.717) is 23.3 Å². The molecule has 0 spiro atoms. The van der Waals surface area contributed by atoms with Crippen LogP contribution in [0.3, 0.4) is 0 Å². The Hall–Kier alpha value is -3.41. The first-order chi connectivity index (χ1) is 13.4. The maximum absolute atomic E-state index is 12.0. The summed E-state index contributed by atoms with van der Waals surface area (Å²) in [5, 5.41) is 0. The van der Waals surface area contributed by atoms with Crippen LogP contribution in [-0.2, 0) is 19.1 Å². The van der Waals surface area contributed by atoms with Crippen LogP contribution in [0.15, 0.2) is 60.7 Å². The first-order valence-corrected chi connectivity index (χ1v) is 8.81. The predicted molar refractivity (Wildman–Crippen MR) is 104 cm³/mol. The van der Waals surface area contributed by atoms with Gasteiger partial charge in [-0.3, -0.25) is 4.79 Å². The molecule has 2 rings (SSSR count). The van der Waals surface area contributed by atoms with E-state index in [-0.39, 0.29) is 19.2 Å². The molecule has 0 bridgehead atoms. The Morgan fingerprint density at radius 3 is 1.93 bits per heavy atom. The first kappa shape index (κ1) is 20.9. The normalized spacial score (nSPS) is 10.1. The molecule has 0 saturated carbocycles. The molecule has 0 radical (unpaired) electrons. The van der Waals surface area contributed by atoms with Crippen LogP contribution in [0.1, 0.15) is 30.6 Å². The number of carbonyl (C=O) groups excluding carboxylic acids is 3. The maximum Gasteiger partial charge on any atom is 0.338 e. The Morgan fingerprint density at radius 1 is 0.857 bits per heavy atom. The molecule has 6 heteroatoms. The van der Waals surface area contributed by atoms with Crippen molar-refractivity contribution in [1.82, 2.24) is 0 Å². The Kier molecular flexibility index (Phi) is 7.51. The van der Waals surface area contributed by atoms with Gasteiger partial charge in [-0.1, -0.05) is 37.8 Å². The minimum atomic E-state index is -0.518. The first-order valence-electron chi connectivity index (χ1n) is 8.81. The molecule has 6 nitrogen and oxygen atoms in total. The van der Waals surface area contributed by atoms with Gasteiger partial charge in [0.2, 0.25) is 0 Å². The van der Waals surface area contributed by atoms with Crippen molar-refractivity contribution in [3.8, 4) is 16.9 Å². The summed E-state index contributed by atoms with van der Waals surface area (Å²) in [6.45, 7) is 6.69.